The molecule has 0 aliphatic heterocycles. The van der Waals surface area contributed by atoms with Gasteiger partial charge in [0.15, 0.2) is 0 Å². The van der Waals surface area contributed by atoms with Gasteiger partial charge < -0.3 is 16.2 Å². The third-order valence-electron chi connectivity index (χ3n) is 1.66. The molecule has 14 heavy (non-hydrogen) atoms. The molecule has 82 valence electrons. The first-order valence-corrected chi connectivity index (χ1v) is 4.05. The van der Waals surface area contributed by atoms with Crippen LogP contribution < -0.4 is 5.73 Å². The van der Waals surface area contributed by atoms with Gasteiger partial charge in [-0.3, -0.25) is 0 Å². The van der Waals surface area contributed by atoms with Crippen molar-refractivity contribution in [3.63, 3.8) is 0 Å². The first-order chi connectivity index (χ1) is 6.31. The van der Waals surface area contributed by atoms with Gasteiger partial charge in [-0.2, -0.15) is 13.2 Å². The first kappa shape index (κ1) is 13.0. The van der Waals surface area contributed by atoms with Gasteiger partial charge in [0.1, 0.15) is 0 Å². The van der Waals surface area contributed by atoms with E-state index in [-0.39, 0.29) is 12.0 Å². The Labute approximate surface area is 79.9 Å². The summed E-state index contributed by atoms with van der Waals surface area (Å²) >= 11 is 0. The fourth-order valence-electron chi connectivity index (χ4n) is 0.941. The Morgan fingerprint density at radius 1 is 1.57 bits per heavy atom. The molecule has 0 rings (SSSR count). The summed E-state index contributed by atoms with van der Waals surface area (Å²) in [5, 5.41) is 16.1. The van der Waals surface area contributed by atoms with Crippen LogP contribution in [0.25, 0.3) is 0 Å². The van der Waals surface area contributed by atoms with Crippen molar-refractivity contribution in [1.82, 2.24) is 0 Å². The summed E-state index contributed by atoms with van der Waals surface area (Å²) in [6.45, 7) is 1.59. The standard InChI is InChI=1S/C8H13F3N2O/c1-2-7(14)5(4-12)6(13)3-8(9,10)11/h4,7,12,14H,2-3,13H2,1H3/b6-5+,12-4?. The predicted octanol–water partition coefficient (Wildman–Crippen LogP) is 1.57. The van der Waals surface area contributed by atoms with E-state index in [0.29, 0.717) is 6.21 Å². The van der Waals surface area contributed by atoms with Crippen LogP contribution in [0, 0.1) is 5.41 Å². The number of hydrogen-bond acceptors (Lipinski definition) is 3. The Kier molecular flexibility index (Phi) is 4.62. The Hall–Kier alpha value is -1.04. The summed E-state index contributed by atoms with van der Waals surface area (Å²) in [7, 11) is 0. The normalized spacial score (nSPS) is 16.1. The van der Waals surface area contributed by atoms with Crippen molar-refractivity contribution < 1.29 is 18.3 Å². The van der Waals surface area contributed by atoms with Gasteiger partial charge in [0.05, 0.1) is 12.5 Å². The summed E-state index contributed by atoms with van der Waals surface area (Å²) in [5.74, 6) is 0. The molecule has 0 heterocycles. The van der Waals surface area contributed by atoms with E-state index < -0.39 is 24.4 Å². The lowest BCUT2D eigenvalue weighted by molar-refractivity contribution is -0.127. The van der Waals surface area contributed by atoms with Crippen LogP contribution in [0.4, 0.5) is 13.2 Å². The fraction of sp³-hybridized carbons (Fsp3) is 0.625. The Balaban J connectivity index is 4.75. The zero-order valence-corrected chi connectivity index (χ0v) is 7.73. The van der Waals surface area contributed by atoms with Gasteiger partial charge in [0.25, 0.3) is 0 Å². The summed E-state index contributed by atoms with van der Waals surface area (Å²) in [6, 6.07) is 0. The Morgan fingerprint density at radius 2 is 2.07 bits per heavy atom. The highest BCUT2D eigenvalue weighted by molar-refractivity contribution is 5.78. The maximum absolute atomic E-state index is 11.9. The summed E-state index contributed by atoms with van der Waals surface area (Å²) in [4.78, 5) is 0. The van der Waals surface area contributed by atoms with E-state index in [1.165, 1.54) is 0 Å². The molecule has 0 bridgehead atoms. The molecule has 0 fully saturated rings. The zero-order chi connectivity index (χ0) is 11.4. The van der Waals surface area contributed by atoms with Crippen LogP contribution in [-0.4, -0.2) is 23.6 Å². The molecule has 0 aliphatic carbocycles. The molecule has 0 spiro atoms. The number of nitrogens with two attached hydrogens (primary N) is 1. The first-order valence-electron chi connectivity index (χ1n) is 4.05. The zero-order valence-electron chi connectivity index (χ0n) is 7.73. The molecule has 0 aromatic carbocycles. The third-order valence-corrected chi connectivity index (χ3v) is 1.66. The van der Waals surface area contributed by atoms with E-state index in [9.17, 15) is 18.3 Å². The molecule has 0 amide bonds. The van der Waals surface area contributed by atoms with E-state index >= 15 is 0 Å². The lowest BCUT2D eigenvalue weighted by Crippen LogP contribution is -2.21. The van der Waals surface area contributed by atoms with Crippen LogP contribution >= 0.6 is 0 Å². The highest BCUT2D eigenvalue weighted by Crippen LogP contribution is 2.24. The molecule has 0 saturated heterocycles. The van der Waals surface area contributed by atoms with Gasteiger partial charge in [0, 0.05) is 17.5 Å². The molecule has 0 saturated carbocycles. The number of nitrogens with one attached hydrogen (secondary N) is 1. The van der Waals surface area contributed by atoms with E-state index in [0.717, 1.165) is 0 Å². The molecule has 1 unspecified atom stereocenters. The largest absolute Gasteiger partial charge is 0.401 e. The Bertz CT molecular complexity index is 235. The van der Waals surface area contributed by atoms with E-state index in [1.54, 1.807) is 6.92 Å². The smallest absolute Gasteiger partial charge is 0.394 e. The molecule has 6 heteroatoms. The van der Waals surface area contributed by atoms with E-state index in [1.807, 2.05) is 0 Å². The van der Waals surface area contributed by atoms with Crippen molar-refractivity contribution in [2.75, 3.05) is 0 Å². The van der Waals surface area contributed by atoms with Crippen LogP contribution in [0.3, 0.4) is 0 Å². The van der Waals surface area contributed by atoms with E-state index in [2.05, 4.69) is 0 Å². The molecular weight excluding hydrogens is 197 g/mol. The molecular formula is C8H13F3N2O. The molecule has 0 radical (unpaired) electrons. The van der Waals surface area contributed by atoms with Crippen molar-refractivity contribution >= 4 is 6.21 Å². The molecule has 0 aromatic heterocycles. The van der Waals surface area contributed by atoms with Gasteiger partial charge in [-0.25, -0.2) is 0 Å². The number of aliphatic hydroxyl groups is 1. The van der Waals surface area contributed by atoms with Crippen molar-refractivity contribution in [2.24, 2.45) is 5.73 Å². The number of alkyl halides is 3. The topological polar surface area (TPSA) is 70.1 Å². The van der Waals surface area contributed by atoms with Crippen molar-refractivity contribution in [3.8, 4) is 0 Å². The minimum absolute atomic E-state index is 0.162. The van der Waals surface area contributed by atoms with Crippen LogP contribution in [0.1, 0.15) is 19.8 Å². The maximum Gasteiger partial charge on any atom is 0.394 e. The number of aliphatic hydroxyl groups excluding tert-OH is 1. The van der Waals surface area contributed by atoms with Crippen LogP contribution in [0.5, 0.6) is 0 Å². The fourth-order valence-corrected chi connectivity index (χ4v) is 0.941. The third kappa shape index (κ3) is 4.27. The highest BCUT2D eigenvalue weighted by Gasteiger charge is 2.29. The maximum atomic E-state index is 11.9. The summed E-state index contributed by atoms with van der Waals surface area (Å²) in [6.07, 6.45) is -5.92. The second-order valence-electron chi connectivity index (χ2n) is 2.84. The molecule has 0 aliphatic rings. The van der Waals surface area contributed by atoms with Crippen LogP contribution in [0.15, 0.2) is 11.3 Å². The number of allylic oxidation sites excluding steroid dienone is 1. The number of halogens is 3. The molecule has 3 nitrogen and oxygen atoms in total. The predicted molar refractivity (Wildman–Crippen MR) is 47.0 cm³/mol. The van der Waals surface area contributed by atoms with Gasteiger partial charge in [-0.15, -0.1) is 0 Å². The average molecular weight is 210 g/mol. The van der Waals surface area contributed by atoms with Crippen LogP contribution in [0.2, 0.25) is 0 Å². The van der Waals surface area contributed by atoms with Gasteiger partial charge in [-0.1, -0.05) is 6.92 Å². The minimum atomic E-state index is -4.41. The monoisotopic (exact) mass is 210 g/mol. The van der Waals surface area contributed by atoms with Crippen LogP contribution in [-0.2, 0) is 0 Å². The quantitative estimate of drug-likeness (QED) is 0.616. The number of rotatable bonds is 4. The number of hydrogen-bond donors (Lipinski definition) is 3. The minimum Gasteiger partial charge on any atom is -0.401 e. The molecule has 1 atom stereocenters. The summed E-state index contributed by atoms with van der Waals surface area (Å²) in [5.41, 5.74) is 4.48. The van der Waals surface area contributed by atoms with Gasteiger partial charge in [-0.05, 0) is 6.42 Å². The average Bonchev–Trinajstić information content (AvgIpc) is 2.01. The lowest BCUT2D eigenvalue weighted by Gasteiger charge is -2.13. The SMILES string of the molecule is CCC(O)/C(C=N)=C(/N)CC(F)(F)F. The van der Waals surface area contributed by atoms with E-state index in [4.69, 9.17) is 11.1 Å². The van der Waals surface area contributed by atoms with Gasteiger partial charge in [0.2, 0.25) is 0 Å². The van der Waals surface area contributed by atoms with Crippen molar-refractivity contribution in [2.45, 2.75) is 32.0 Å². The summed E-state index contributed by atoms with van der Waals surface area (Å²) < 4.78 is 35.7. The second kappa shape index (κ2) is 4.99. The second-order valence-corrected chi connectivity index (χ2v) is 2.84. The lowest BCUT2D eigenvalue weighted by atomic mass is 10.0. The molecule has 4 N–H and O–H groups in total. The van der Waals surface area contributed by atoms with Crippen molar-refractivity contribution in [3.05, 3.63) is 11.3 Å². The Morgan fingerprint density at radius 3 is 2.36 bits per heavy atom. The molecule has 0 aromatic rings. The highest BCUT2D eigenvalue weighted by atomic mass is 19.4. The van der Waals surface area contributed by atoms with Crippen molar-refractivity contribution in [1.29, 1.82) is 5.41 Å². The van der Waals surface area contributed by atoms with Gasteiger partial charge >= 0.3 is 6.18 Å².